The Morgan fingerprint density at radius 3 is 2.08 bits per heavy atom. The second-order valence-electron chi connectivity index (χ2n) is 3.73. The fourth-order valence-electron chi connectivity index (χ4n) is 1.40. The van der Waals surface area contributed by atoms with Gasteiger partial charge in [-0.3, -0.25) is 0 Å². The monoisotopic (exact) mass is 167 g/mol. The quantitative estimate of drug-likeness (QED) is 0.545. The van der Waals surface area contributed by atoms with Crippen molar-refractivity contribution >= 4 is 0 Å². The van der Waals surface area contributed by atoms with Crippen molar-refractivity contribution in [2.24, 2.45) is 0 Å². The first-order valence-corrected chi connectivity index (χ1v) is 5.20. The Hall–Kier alpha value is -0.260. The lowest BCUT2D eigenvalue weighted by atomic mass is 10.0. The van der Waals surface area contributed by atoms with Gasteiger partial charge in [-0.25, -0.2) is 0 Å². The third kappa shape index (κ3) is 6.45. The summed E-state index contributed by atoms with van der Waals surface area (Å²) in [6.45, 7) is 8.88. The van der Waals surface area contributed by atoms with Gasteiger partial charge in [0.2, 0.25) is 0 Å². The van der Waals surface area contributed by atoms with E-state index in [0.717, 1.165) is 0 Å². The zero-order valence-corrected chi connectivity index (χ0v) is 9.11. The van der Waals surface area contributed by atoms with Gasteiger partial charge >= 0.3 is 0 Å². The summed E-state index contributed by atoms with van der Waals surface area (Å²) in [7, 11) is 0. The fourth-order valence-corrected chi connectivity index (χ4v) is 1.40. The predicted molar refractivity (Wildman–Crippen MR) is 57.1 cm³/mol. The molecule has 0 spiro atoms. The Labute approximate surface area is 78.1 Å². The molecule has 0 unspecified atom stereocenters. The Kier molecular flexibility index (Phi) is 7.23. The van der Waals surface area contributed by atoms with Gasteiger partial charge in [0, 0.05) is 0 Å². The van der Waals surface area contributed by atoms with E-state index in [4.69, 9.17) is 0 Å². The molecule has 0 nitrogen and oxygen atoms in total. The molecule has 0 saturated carbocycles. The molecule has 0 saturated heterocycles. The van der Waals surface area contributed by atoms with Crippen LogP contribution in [0.4, 0.5) is 0 Å². The third-order valence-corrected chi connectivity index (χ3v) is 1.92. The van der Waals surface area contributed by atoms with Gasteiger partial charge in [0.05, 0.1) is 0 Å². The molecule has 0 aromatic heterocycles. The summed E-state index contributed by atoms with van der Waals surface area (Å²) in [5, 5.41) is 0. The molecule has 1 radical (unpaired) electrons. The van der Waals surface area contributed by atoms with Crippen molar-refractivity contribution in [1.29, 1.82) is 0 Å². The van der Waals surface area contributed by atoms with E-state index in [1.165, 1.54) is 38.0 Å². The van der Waals surface area contributed by atoms with E-state index >= 15 is 0 Å². The Morgan fingerprint density at radius 2 is 1.67 bits per heavy atom. The zero-order chi connectivity index (χ0) is 9.40. The standard InChI is InChI=1S/C12H23/c1-5-7-9-12(8-6-2)10-11(3)4/h10H,5-9H2,1-4H3. The summed E-state index contributed by atoms with van der Waals surface area (Å²) in [5.74, 6) is 1.44. The minimum absolute atomic E-state index is 1.28. The molecule has 71 valence electrons. The van der Waals surface area contributed by atoms with E-state index in [-0.39, 0.29) is 0 Å². The summed E-state index contributed by atoms with van der Waals surface area (Å²) in [6, 6.07) is 0. The zero-order valence-electron chi connectivity index (χ0n) is 9.11. The summed E-state index contributed by atoms with van der Waals surface area (Å²) in [6.07, 6.45) is 8.88. The topological polar surface area (TPSA) is 0 Å². The van der Waals surface area contributed by atoms with Gasteiger partial charge in [-0.2, -0.15) is 0 Å². The maximum atomic E-state index is 2.36. The van der Waals surface area contributed by atoms with Crippen molar-refractivity contribution in [3.8, 4) is 0 Å². The van der Waals surface area contributed by atoms with Gasteiger partial charge in [-0.15, -0.1) is 0 Å². The molecule has 0 aromatic rings. The SMILES string of the molecule is CCCCC(=C[C](C)C)CCC. The lowest BCUT2D eigenvalue weighted by molar-refractivity contribution is 0.740. The Morgan fingerprint density at radius 1 is 1.00 bits per heavy atom. The van der Waals surface area contributed by atoms with E-state index in [1.54, 1.807) is 5.57 Å². The maximum Gasteiger partial charge on any atom is -0.00864 e. The molecule has 0 aliphatic carbocycles. The van der Waals surface area contributed by atoms with Crippen LogP contribution in [-0.4, -0.2) is 0 Å². The van der Waals surface area contributed by atoms with Crippen LogP contribution in [0.5, 0.6) is 0 Å². The van der Waals surface area contributed by atoms with Gasteiger partial charge in [-0.1, -0.05) is 52.2 Å². The normalized spacial score (nSPS) is 12.6. The lowest BCUT2D eigenvalue weighted by Crippen LogP contribution is -1.87. The average Bonchev–Trinajstić information content (AvgIpc) is 2.00. The smallest absolute Gasteiger partial charge is 0.00864 e. The van der Waals surface area contributed by atoms with E-state index in [2.05, 4.69) is 33.8 Å². The summed E-state index contributed by atoms with van der Waals surface area (Å²) >= 11 is 0. The second-order valence-corrected chi connectivity index (χ2v) is 3.73. The average molecular weight is 167 g/mol. The van der Waals surface area contributed by atoms with Crippen molar-refractivity contribution in [2.45, 2.75) is 59.8 Å². The summed E-state index contributed by atoms with van der Waals surface area (Å²) in [4.78, 5) is 0. The minimum atomic E-state index is 1.28. The highest BCUT2D eigenvalue weighted by Gasteiger charge is 1.97. The van der Waals surface area contributed by atoms with Crippen LogP contribution in [0.1, 0.15) is 59.8 Å². The number of rotatable bonds is 6. The summed E-state index contributed by atoms with van der Waals surface area (Å²) in [5.41, 5.74) is 1.64. The van der Waals surface area contributed by atoms with Crippen molar-refractivity contribution in [2.75, 3.05) is 0 Å². The van der Waals surface area contributed by atoms with Gasteiger partial charge in [0.15, 0.2) is 0 Å². The van der Waals surface area contributed by atoms with Gasteiger partial charge in [0.25, 0.3) is 0 Å². The van der Waals surface area contributed by atoms with Crippen LogP contribution in [0.3, 0.4) is 0 Å². The Bertz CT molecular complexity index is 120. The third-order valence-electron chi connectivity index (χ3n) is 1.92. The van der Waals surface area contributed by atoms with Crippen molar-refractivity contribution in [3.63, 3.8) is 0 Å². The maximum absolute atomic E-state index is 2.36. The van der Waals surface area contributed by atoms with Crippen LogP contribution >= 0.6 is 0 Å². The molecule has 0 bridgehead atoms. The van der Waals surface area contributed by atoms with Crippen LogP contribution in [0.15, 0.2) is 11.6 Å². The van der Waals surface area contributed by atoms with Crippen LogP contribution in [-0.2, 0) is 0 Å². The van der Waals surface area contributed by atoms with Gasteiger partial charge in [-0.05, 0) is 25.2 Å². The van der Waals surface area contributed by atoms with Crippen LogP contribution in [0.25, 0.3) is 0 Å². The van der Waals surface area contributed by atoms with E-state index in [1.807, 2.05) is 0 Å². The molecule has 0 rings (SSSR count). The lowest BCUT2D eigenvalue weighted by Gasteiger charge is -2.06. The highest BCUT2D eigenvalue weighted by Crippen LogP contribution is 2.16. The molecule has 0 aliphatic heterocycles. The first-order valence-electron chi connectivity index (χ1n) is 5.20. The highest BCUT2D eigenvalue weighted by molar-refractivity contribution is 5.13. The van der Waals surface area contributed by atoms with Gasteiger partial charge in [0.1, 0.15) is 0 Å². The number of allylic oxidation sites excluding steroid dienone is 2. The fraction of sp³-hybridized carbons (Fsp3) is 0.750. The molecule has 0 aliphatic rings. The van der Waals surface area contributed by atoms with Crippen LogP contribution < -0.4 is 0 Å². The minimum Gasteiger partial charge on any atom is -0.0788 e. The van der Waals surface area contributed by atoms with E-state index < -0.39 is 0 Å². The second kappa shape index (κ2) is 7.39. The molecule has 0 N–H and O–H groups in total. The van der Waals surface area contributed by atoms with Crippen molar-refractivity contribution in [1.82, 2.24) is 0 Å². The van der Waals surface area contributed by atoms with Gasteiger partial charge < -0.3 is 0 Å². The number of unbranched alkanes of at least 4 members (excludes halogenated alkanes) is 1. The highest BCUT2D eigenvalue weighted by atomic mass is 14.0. The van der Waals surface area contributed by atoms with E-state index in [0.29, 0.717) is 0 Å². The van der Waals surface area contributed by atoms with Crippen molar-refractivity contribution < 1.29 is 0 Å². The molecule has 0 heteroatoms. The first kappa shape index (κ1) is 11.7. The van der Waals surface area contributed by atoms with Crippen LogP contribution in [0.2, 0.25) is 0 Å². The Balaban J connectivity index is 3.85. The molecule has 0 atom stereocenters. The number of hydrogen-bond acceptors (Lipinski definition) is 0. The largest absolute Gasteiger partial charge is 0.0788 e. The van der Waals surface area contributed by atoms with E-state index in [9.17, 15) is 0 Å². The molecular weight excluding hydrogens is 144 g/mol. The number of hydrogen-bond donors (Lipinski definition) is 0. The molecule has 0 amide bonds. The summed E-state index contributed by atoms with van der Waals surface area (Å²) < 4.78 is 0. The molecule has 0 heterocycles. The molecular formula is C12H23. The molecule has 0 fully saturated rings. The molecule has 12 heavy (non-hydrogen) atoms. The van der Waals surface area contributed by atoms with Crippen LogP contribution in [0, 0.1) is 5.92 Å². The van der Waals surface area contributed by atoms with Crippen molar-refractivity contribution in [3.05, 3.63) is 17.6 Å². The first-order chi connectivity index (χ1) is 5.70. The predicted octanol–water partition coefficient (Wildman–Crippen LogP) is 4.52. The molecule has 0 aromatic carbocycles.